The van der Waals surface area contributed by atoms with Crippen LogP contribution in [0.15, 0.2) is 0 Å². The lowest BCUT2D eigenvalue weighted by molar-refractivity contribution is -0.140. The smallest absolute Gasteiger partial charge is 0.242 e. The van der Waals surface area contributed by atoms with Crippen LogP contribution in [0.5, 0.6) is 0 Å². The van der Waals surface area contributed by atoms with Crippen molar-refractivity contribution in [3.8, 4) is 0 Å². The molecule has 21 heavy (non-hydrogen) atoms. The Morgan fingerprint density at radius 1 is 1.14 bits per heavy atom. The number of nitrogens with one attached hydrogen (secondary N) is 2. The van der Waals surface area contributed by atoms with E-state index in [0.717, 1.165) is 64.6 Å². The Kier molecular flexibility index (Phi) is 4.20. The molecule has 5 heteroatoms. The number of rotatable bonds is 3. The maximum atomic E-state index is 12.7. The molecule has 2 aliphatic heterocycles. The molecule has 2 amide bonds. The molecule has 2 N–H and O–H groups in total. The van der Waals surface area contributed by atoms with Crippen LogP contribution in [0.3, 0.4) is 0 Å². The zero-order valence-electron chi connectivity index (χ0n) is 13.0. The summed E-state index contributed by atoms with van der Waals surface area (Å²) in [7, 11) is 0. The molecule has 0 radical (unpaired) electrons. The molecule has 0 aromatic carbocycles. The molecule has 3 rings (SSSR count). The summed E-state index contributed by atoms with van der Waals surface area (Å²) in [6.45, 7) is 4.52. The highest BCUT2D eigenvalue weighted by molar-refractivity contribution is 5.86. The number of carbonyl (C=O) groups excluding carboxylic acids is 2. The third-order valence-electron chi connectivity index (χ3n) is 5.17. The second kappa shape index (κ2) is 5.95. The van der Waals surface area contributed by atoms with Gasteiger partial charge in [-0.3, -0.25) is 9.59 Å². The highest BCUT2D eigenvalue weighted by Crippen LogP contribution is 2.29. The highest BCUT2D eigenvalue weighted by atomic mass is 16.2. The van der Waals surface area contributed by atoms with Gasteiger partial charge in [0.1, 0.15) is 0 Å². The Labute approximate surface area is 126 Å². The molecule has 0 aromatic heterocycles. The number of carbonyl (C=O) groups is 2. The van der Waals surface area contributed by atoms with Crippen LogP contribution >= 0.6 is 0 Å². The van der Waals surface area contributed by atoms with Gasteiger partial charge in [0.2, 0.25) is 11.8 Å². The van der Waals surface area contributed by atoms with E-state index in [1.54, 1.807) is 0 Å². The van der Waals surface area contributed by atoms with E-state index in [1.165, 1.54) is 0 Å². The molecular formula is C16H27N3O2. The first kappa shape index (κ1) is 14.8. The van der Waals surface area contributed by atoms with E-state index in [1.807, 2.05) is 11.8 Å². The van der Waals surface area contributed by atoms with Gasteiger partial charge in [-0.05, 0) is 58.4 Å². The van der Waals surface area contributed by atoms with Crippen LogP contribution in [0.25, 0.3) is 0 Å². The van der Waals surface area contributed by atoms with Crippen molar-refractivity contribution in [1.29, 1.82) is 0 Å². The number of likely N-dealkylation sites (tertiary alicyclic amines) is 1. The zero-order chi connectivity index (χ0) is 14.9. The third kappa shape index (κ3) is 3.39. The van der Waals surface area contributed by atoms with E-state index in [9.17, 15) is 9.59 Å². The Morgan fingerprint density at radius 2 is 1.86 bits per heavy atom. The largest absolute Gasteiger partial charge is 0.353 e. The summed E-state index contributed by atoms with van der Waals surface area (Å²) in [6, 6.07) is 0.259. The van der Waals surface area contributed by atoms with Gasteiger partial charge in [0.15, 0.2) is 0 Å². The van der Waals surface area contributed by atoms with Crippen molar-refractivity contribution in [2.75, 3.05) is 19.6 Å². The molecule has 1 saturated carbocycles. The molecule has 0 bridgehead atoms. The summed E-state index contributed by atoms with van der Waals surface area (Å²) in [6.07, 6.45) is 7.10. The van der Waals surface area contributed by atoms with Crippen LogP contribution in [-0.2, 0) is 9.59 Å². The van der Waals surface area contributed by atoms with Gasteiger partial charge in [0.25, 0.3) is 0 Å². The minimum atomic E-state index is -0.373. The highest BCUT2D eigenvalue weighted by Gasteiger charge is 2.39. The fraction of sp³-hybridized carbons (Fsp3) is 0.875. The predicted octanol–water partition coefficient (Wildman–Crippen LogP) is 1.04. The Balaban J connectivity index is 1.48. The first-order valence-electron chi connectivity index (χ1n) is 8.43. The number of nitrogens with zero attached hydrogens (tertiary/aromatic N) is 1. The third-order valence-corrected chi connectivity index (χ3v) is 5.17. The van der Waals surface area contributed by atoms with Crippen molar-refractivity contribution in [3.05, 3.63) is 0 Å². The molecule has 0 spiro atoms. The van der Waals surface area contributed by atoms with Gasteiger partial charge in [-0.1, -0.05) is 0 Å². The first-order chi connectivity index (χ1) is 10.1. The molecule has 1 aliphatic carbocycles. The topological polar surface area (TPSA) is 61.4 Å². The Hall–Kier alpha value is -1.10. The Bertz CT molecular complexity index is 406. The maximum absolute atomic E-state index is 12.7. The monoisotopic (exact) mass is 293 g/mol. The average Bonchev–Trinajstić information content (AvgIpc) is 3.33. The summed E-state index contributed by atoms with van der Waals surface area (Å²) in [5.41, 5.74) is -0.373. The normalized spacial score (nSPS) is 31.0. The van der Waals surface area contributed by atoms with Crippen molar-refractivity contribution in [2.45, 2.75) is 63.5 Å². The van der Waals surface area contributed by atoms with E-state index in [-0.39, 0.29) is 29.3 Å². The number of hydrogen-bond donors (Lipinski definition) is 2. The predicted molar refractivity (Wildman–Crippen MR) is 80.7 cm³/mol. The molecule has 2 heterocycles. The SMILES string of the molecule is CC1(C(=O)N2CCC(NC(=O)C3CC3)CC2)CCCCN1. The van der Waals surface area contributed by atoms with E-state index < -0.39 is 0 Å². The fourth-order valence-corrected chi connectivity index (χ4v) is 3.48. The molecule has 3 aliphatic rings. The first-order valence-corrected chi connectivity index (χ1v) is 8.43. The van der Waals surface area contributed by atoms with Crippen molar-refractivity contribution in [1.82, 2.24) is 15.5 Å². The van der Waals surface area contributed by atoms with Crippen molar-refractivity contribution < 1.29 is 9.59 Å². The van der Waals surface area contributed by atoms with Crippen LogP contribution in [-0.4, -0.2) is 47.9 Å². The molecule has 1 atom stereocenters. The molecular weight excluding hydrogens is 266 g/mol. The number of piperidine rings is 2. The van der Waals surface area contributed by atoms with E-state index >= 15 is 0 Å². The van der Waals surface area contributed by atoms with E-state index in [2.05, 4.69) is 10.6 Å². The quantitative estimate of drug-likeness (QED) is 0.817. The molecule has 3 fully saturated rings. The van der Waals surface area contributed by atoms with Crippen LogP contribution in [0, 0.1) is 5.92 Å². The van der Waals surface area contributed by atoms with Gasteiger partial charge in [-0.25, -0.2) is 0 Å². The van der Waals surface area contributed by atoms with Crippen molar-refractivity contribution >= 4 is 11.8 Å². The van der Waals surface area contributed by atoms with Gasteiger partial charge >= 0.3 is 0 Å². The van der Waals surface area contributed by atoms with Gasteiger partial charge in [0.05, 0.1) is 5.54 Å². The summed E-state index contributed by atoms with van der Waals surface area (Å²) in [5.74, 6) is 0.741. The van der Waals surface area contributed by atoms with Crippen LogP contribution in [0.4, 0.5) is 0 Å². The van der Waals surface area contributed by atoms with Crippen LogP contribution in [0.2, 0.25) is 0 Å². The maximum Gasteiger partial charge on any atom is 0.242 e. The van der Waals surface area contributed by atoms with E-state index in [0.29, 0.717) is 0 Å². The minimum Gasteiger partial charge on any atom is -0.353 e. The molecule has 0 aromatic rings. The van der Waals surface area contributed by atoms with Crippen LogP contribution < -0.4 is 10.6 Å². The van der Waals surface area contributed by atoms with Crippen molar-refractivity contribution in [2.24, 2.45) is 5.92 Å². The van der Waals surface area contributed by atoms with E-state index in [4.69, 9.17) is 0 Å². The summed E-state index contributed by atoms with van der Waals surface area (Å²) in [4.78, 5) is 26.5. The molecule has 118 valence electrons. The lowest BCUT2D eigenvalue weighted by Gasteiger charge is -2.40. The van der Waals surface area contributed by atoms with Gasteiger partial charge in [-0.2, -0.15) is 0 Å². The average molecular weight is 293 g/mol. The summed E-state index contributed by atoms with van der Waals surface area (Å²) in [5, 5.41) is 6.54. The summed E-state index contributed by atoms with van der Waals surface area (Å²) >= 11 is 0. The molecule has 2 saturated heterocycles. The summed E-state index contributed by atoms with van der Waals surface area (Å²) < 4.78 is 0. The lowest BCUT2D eigenvalue weighted by Crippen LogP contribution is -2.60. The Morgan fingerprint density at radius 3 is 2.43 bits per heavy atom. The van der Waals surface area contributed by atoms with Gasteiger partial charge in [-0.15, -0.1) is 0 Å². The van der Waals surface area contributed by atoms with Crippen molar-refractivity contribution in [3.63, 3.8) is 0 Å². The standard InChI is InChI=1S/C16H27N3O2/c1-16(8-2-3-9-17-16)15(21)19-10-6-13(7-11-19)18-14(20)12-4-5-12/h12-13,17H,2-11H2,1H3,(H,18,20). The van der Waals surface area contributed by atoms with Crippen LogP contribution in [0.1, 0.15) is 51.9 Å². The zero-order valence-corrected chi connectivity index (χ0v) is 13.0. The van der Waals surface area contributed by atoms with Gasteiger partial charge < -0.3 is 15.5 Å². The molecule has 5 nitrogen and oxygen atoms in total. The second-order valence-electron chi connectivity index (χ2n) is 7.07. The lowest BCUT2D eigenvalue weighted by atomic mass is 9.88. The van der Waals surface area contributed by atoms with Gasteiger partial charge in [0, 0.05) is 25.0 Å². The second-order valence-corrected chi connectivity index (χ2v) is 7.07. The number of hydrogen-bond acceptors (Lipinski definition) is 3. The number of amides is 2. The minimum absolute atomic E-state index is 0.223. The molecule has 1 unspecified atom stereocenters. The fourth-order valence-electron chi connectivity index (χ4n) is 3.48.